The van der Waals surface area contributed by atoms with Gasteiger partial charge >= 0.3 is 0 Å². The zero-order valence-corrected chi connectivity index (χ0v) is 14.7. The van der Waals surface area contributed by atoms with E-state index >= 15 is 0 Å². The van der Waals surface area contributed by atoms with Gasteiger partial charge in [0.05, 0.1) is 4.90 Å². The number of fused-ring (bicyclic) bond motifs is 1. The maximum Gasteiger partial charge on any atom is 0.175 e. The van der Waals surface area contributed by atoms with Gasteiger partial charge < -0.3 is 10.6 Å². The summed E-state index contributed by atoms with van der Waals surface area (Å²) in [7, 11) is -3.14. The Balaban J connectivity index is 0.00000192. The van der Waals surface area contributed by atoms with E-state index in [1.165, 1.54) is 17.5 Å². The largest absolute Gasteiger partial charge is 0.398 e. The molecule has 23 heavy (non-hydrogen) atoms. The summed E-state index contributed by atoms with van der Waals surface area (Å²) in [6.45, 7) is 1.75. The number of nitrogen functional groups attached to an aromatic ring is 1. The van der Waals surface area contributed by atoms with Crippen molar-refractivity contribution in [3.63, 3.8) is 0 Å². The third-order valence-corrected chi connectivity index (χ3v) is 5.24. The molecule has 4 nitrogen and oxygen atoms in total. The average Bonchev–Trinajstić information content (AvgIpc) is 2.48. The number of anilines is 2. The highest BCUT2D eigenvalue weighted by molar-refractivity contribution is 7.90. The molecule has 0 aromatic heterocycles. The van der Waals surface area contributed by atoms with E-state index in [1.54, 1.807) is 12.1 Å². The second-order valence-electron chi connectivity index (χ2n) is 5.79. The number of hydrogen-bond donors (Lipinski definition) is 1. The fourth-order valence-corrected chi connectivity index (χ4v) is 3.58. The normalized spacial score (nSPS) is 14.0. The van der Waals surface area contributed by atoms with Gasteiger partial charge in [-0.25, -0.2) is 8.42 Å². The van der Waals surface area contributed by atoms with Crippen LogP contribution >= 0.6 is 12.4 Å². The zero-order valence-electron chi connectivity index (χ0n) is 13.0. The Labute approximate surface area is 143 Å². The van der Waals surface area contributed by atoms with Crippen molar-refractivity contribution in [3.05, 3.63) is 53.6 Å². The number of nitrogens with two attached hydrogens (primary N) is 1. The Morgan fingerprint density at radius 1 is 1.13 bits per heavy atom. The molecule has 124 valence electrons. The summed E-state index contributed by atoms with van der Waals surface area (Å²) in [5, 5.41) is 0. The molecular weight excluding hydrogens is 332 g/mol. The first kappa shape index (κ1) is 17.6. The number of rotatable bonds is 3. The molecule has 1 aliphatic rings. The molecule has 3 rings (SSSR count). The highest BCUT2D eigenvalue weighted by Gasteiger charge is 2.18. The first-order valence-electron chi connectivity index (χ1n) is 7.36. The zero-order chi connectivity index (χ0) is 15.7. The monoisotopic (exact) mass is 352 g/mol. The van der Waals surface area contributed by atoms with E-state index in [1.807, 2.05) is 24.3 Å². The fourth-order valence-electron chi connectivity index (χ4n) is 2.95. The molecule has 2 aromatic carbocycles. The molecule has 0 radical (unpaired) electrons. The summed E-state index contributed by atoms with van der Waals surface area (Å²) in [6.07, 6.45) is 3.33. The molecule has 0 amide bonds. The second-order valence-corrected chi connectivity index (χ2v) is 7.80. The van der Waals surface area contributed by atoms with Crippen molar-refractivity contribution in [1.29, 1.82) is 0 Å². The Bertz CT molecular complexity index is 789. The number of sulfone groups is 1. The Kier molecular flexibility index (Phi) is 5.22. The summed E-state index contributed by atoms with van der Waals surface area (Å²) >= 11 is 0. The van der Waals surface area contributed by atoms with E-state index in [4.69, 9.17) is 5.73 Å². The SMILES string of the molecule is CS(=O)(=O)c1ccc(CN2CCCc3c(N)cccc32)cc1.Cl. The fraction of sp³-hybridized carbons (Fsp3) is 0.294. The number of hydrogen-bond acceptors (Lipinski definition) is 4. The van der Waals surface area contributed by atoms with E-state index in [9.17, 15) is 8.42 Å². The van der Waals surface area contributed by atoms with Gasteiger partial charge in [0, 0.05) is 30.7 Å². The number of halogens is 1. The molecule has 0 fully saturated rings. The average molecular weight is 353 g/mol. The first-order valence-corrected chi connectivity index (χ1v) is 9.25. The highest BCUT2D eigenvalue weighted by Crippen LogP contribution is 2.32. The lowest BCUT2D eigenvalue weighted by Gasteiger charge is -2.32. The molecule has 2 N–H and O–H groups in total. The molecule has 0 saturated carbocycles. The third-order valence-electron chi connectivity index (χ3n) is 4.11. The minimum Gasteiger partial charge on any atom is -0.398 e. The van der Waals surface area contributed by atoms with Crippen LogP contribution in [-0.4, -0.2) is 21.2 Å². The van der Waals surface area contributed by atoms with E-state index in [2.05, 4.69) is 11.0 Å². The second kappa shape index (κ2) is 6.81. The Morgan fingerprint density at radius 3 is 2.48 bits per heavy atom. The van der Waals surface area contributed by atoms with Crippen molar-refractivity contribution in [2.75, 3.05) is 23.4 Å². The molecule has 0 bridgehead atoms. The van der Waals surface area contributed by atoms with Gasteiger partial charge in [0.25, 0.3) is 0 Å². The van der Waals surface area contributed by atoms with Crippen molar-refractivity contribution < 1.29 is 8.42 Å². The number of nitrogens with zero attached hydrogens (tertiary/aromatic N) is 1. The van der Waals surface area contributed by atoms with Crippen LogP contribution in [0.4, 0.5) is 11.4 Å². The van der Waals surface area contributed by atoms with Crippen LogP contribution < -0.4 is 10.6 Å². The van der Waals surface area contributed by atoms with Crippen LogP contribution in [-0.2, 0) is 22.8 Å². The van der Waals surface area contributed by atoms with Crippen LogP contribution in [0.25, 0.3) is 0 Å². The molecule has 0 atom stereocenters. The van der Waals surface area contributed by atoms with E-state index in [0.29, 0.717) is 4.90 Å². The third kappa shape index (κ3) is 3.79. The summed E-state index contributed by atoms with van der Waals surface area (Å²) in [6, 6.07) is 13.2. The van der Waals surface area contributed by atoms with E-state index < -0.39 is 9.84 Å². The smallest absolute Gasteiger partial charge is 0.175 e. The highest BCUT2D eigenvalue weighted by atomic mass is 35.5. The van der Waals surface area contributed by atoms with Crippen molar-refractivity contribution in [3.8, 4) is 0 Å². The molecular formula is C17H21ClN2O2S. The van der Waals surface area contributed by atoms with Crippen LogP contribution in [0.5, 0.6) is 0 Å². The van der Waals surface area contributed by atoms with Gasteiger partial charge in [0.2, 0.25) is 0 Å². The summed E-state index contributed by atoms with van der Waals surface area (Å²) in [4.78, 5) is 2.67. The van der Waals surface area contributed by atoms with Gasteiger partial charge in [-0.2, -0.15) is 0 Å². The van der Waals surface area contributed by atoms with Crippen molar-refractivity contribution in [2.24, 2.45) is 0 Å². The van der Waals surface area contributed by atoms with Gasteiger partial charge in [0.1, 0.15) is 0 Å². The van der Waals surface area contributed by atoms with E-state index in [-0.39, 0.29) is 12.4 Å². The quantitative estimate of drug-likeness (QED) is 0.862. The van der Waals surface area contributed by atoms with Gasteiger partial charge in [0.15, 0.2) is 9.84 Å². The van der Waals surface area contributed by atoms with Crippen molar-refractivity contribution in [1.82, 2.24) is 0 Å². The van der Waals surface area contributed by atoms with Crippen LogP contribution in [0.2, 0.25) is 0 Å². The van der Waals surface area contributed by atoms with Crippen molar-refractivity contribution in [2.45, 2.75) is 24.3 Å². The Hall–Kier alpha value is -1.72. The van der Waals surface area contributed by atoms with Gasteiger partial charge in [-0.3, -0.25) is 0 Å². The lowest BCUT2D eigenvalue weighted by molar-refractivity contribution is 0.602. The van der Waals surface area contributed by atoms with Crippen molar-refractivity contribution >= 4 is 33.6 Å². The van der Waals surface area contributed by atoms with Crippen LogP contribution in [0.3, 0.4) is 0 Å². The standard InChI is InChI=1S/C17H20N2O2S.ClH/c1-22(20,21)14-9-7-13(8-10-14)12-19-11-3-4-15-16(18)5-2-6-17(15)19;/h2,5-10H,3-4,11-12,18H2,1H3;1H. The first-order chi connectivity index (χ1) is 10.4. The van der Waals surface area contributed by atoms with Crippen LogP contribution in [0.15, 0.2) is 47.4 Å². The Morgan fingerprint density at radius 2 is 1.83 bits per heavy atom. The minimum atomic E-state index is -3.14. The predicted molar refractivity (Wildman–Crippen MR) is 97.0 cm³/mol. The topological polar surface area (TPSA) is 63.4 Å². The molecule has 0 spiro atoms. The molecule has 1 heterocycles. The molecule has 0 unspecified atom stereocenters. The summed E-state index contributed by atoms with van der Waals surface area (Å²) in [5.41, 5.74) is 10.4. The molecule has 1 aliphatic heterocycles. The lowest BCUT2D eigenvalue weighted by Crippen LogP contribution is -2.29. The number of benzene rings is 2. The summed E-state index contributed by atoms with van der Waals surface area (Å²) < 4.78 is 23.0. The lowest BCUT2D eigenvalue weighted by atomic mass is 9.99. The molecule has 2 aromatic rings. The molecule has 0 aliphatic carbocycles. The predicted octanol–water partition coefficient (Wildman–Crippen LogP) is 3.05. The molecule has 6 heteroatoms. The van der Waals surface area contributed by atoms with Crippen LogP contribution in [0.1, 0.15) is 17.5 Å². The maximum atomic E-state index is 11.5. The van der Waals surface area contributed by atoms with Gasteiger partial charge in [-0.15, -0.1) is 12.4 Å². The minimum absolute atomic E-state index is 0. The van der Waals surface area contributed by atoms with Gasteiger partial charge in [-0.05, 0) is 48.2 Å². The molecule has 0 saturated heterocycles. The maximum absolute atomic E-state index is 11.5. The van der Waals surface area contributed by atoms with Gasteiger partial charge in [-0.1, -0.05) is 18.2 Å². The van der Waals surface area contributed by atoms with E-state index in [0.717, 1.165) is 37.2 Å². The summed E-state index contributed by atoms with van der Waals surface area (Å²) in [5.74, 6) is 0. The van der Waals surface area contributed by atoms with Crippen LogP contribution in [0, 0.1) is 0 Å².